The van der Waals surface area contributed by atoms with Gasteiger partial charge in [0.05, 0.1) is 11.9 Å². The number of anilines is 1. The third-order valence-electron chi connectivity index (χ3n) is 2.29. The zero-order valence-electron chi connectivity index (χ0n) is 9.27. The predicted octanol–water partition coefficient (Wildman–Crippen LogP) is 2.61. The van der Waals surface area contributed by atoms with Gasteiger partial charge in [-0.3, -0.25) is 5.84 Å². The molecule has 2 aromatic rings. The molecule has 0 saturated carbocycles. The average Bonchev–Trinajstić information content (AvgIpc) is 2.32. The molecule has 0 saturated heterocycles. The molecule has 2 rings (SSSR count). The van der Waals surface area contributed by atoms with Crippen LogP contribution in [-0.2, 0) is 0 Å². The summed E-state index contributed by atoms with van der Waals surface area (Å²) in [6.45, 7) is 1.85. The van der Waals surface area contributed by atoms with E-state index < -0.39 is 5.82 Å². The molecular formula is C12H12FN3O. The zero-order valence-corrected chi connectivity index (χ0v) is 9.27. The van der Waals surface area contributed by atoms with Crippen molar-refractivity contribution in [1.82, 2.24) is 4.98 Å². The summed E-state index contributed by atoms with van der Waals surface area (Å²) < 4.78 is 18.7. The average molecular weight is 233 g/mol. The number of aromatic nitrogens is 1. The van der Waals surface area contributed by atoms with Crippen LogP contribution >= 0.6 is 0 Å². The summed E-state index contributed by atoms with van der Waals surface area (Å²) in [6.07, 6.45) is 1.53. The molecule has 88 valence electrons. The van der Waals surface area contributed by atoms with Crippen LogP contribution in [0.4, 0.5) is 10.1 Å². The number of nitrogens with one attached hydrogen (secondary N) is 1. The number of aryl methyl sites for hydroxylation is 1. The summed E-state index contributed by atoms with van der Waals surface area (Å²) >= 11 is 0. The number of hydrazine groups is 1. The Bertz CT molecular complexity index is 531. The molecule has 17 heavy (non-hydrogen) atoms. The van der Waals surface area contributed by atoms with Crippen molar-refractivity contribution in [3.05, 3.63) is 47.9 Å². The largest absolute Gasteiger partial charge is 0.436 e. The number of ether oxygens (including phenoxy) is 1. The van der Waals surface area contributed by atoms with Crippen LogP contribution in [0.15, 0.2) is 36.5 Å². The number of pyridine rings is 1. The van der Waals surface area contributed by atoms with Gasteiger partial charge in [0.1, 0.15) is 0 Å². The van der Waals surface area contributed by atoms with E-state index in [1.54, 1.807) is 24.3 Å². The first kappa shape index (κ1) is 11.3. The lowest BCUT2D eigenvalue weighted by Crippen LogP contribution is -2.08. The third kappa shape index (κ3) is 2.51. The predicted molar refractivity (Wildman–Crippen MR) is 63.3 cm³/mol. The Hall–Kier alpha value is -2.14. The zero-order chi connectivity index (χ0) is 12.3. The van der Waals surface area contributed by atoms with Crippen molar-refractivity contribution >= 4 is 5.69 Å². The highest BCUT2D eigenvalue weighted by molar-refractivity contribution is 5.49. The molecule has 3 N–H and O–H groups in total. The number of nitrogens with two attached hydrogens (primary N) is 1. The molecule has 1 heterocycles. The summed E-state index contributed by atoms with van der Waals surface area (Å²) in [5.74, 6) is 5.34. The number of nitrogens with zero attached hydrogens (tertiary/aromatic N) is 1. The van der Waals surface area contributed by atoms with Crippen molar-refractivity contribution < 1.29 is 9.13 Å². The minimum Gasteiger partial charge on any atom is -0.436 e. The van der Waals surface area contributed by atoms with Crippen LogP contribution in [0.2, 0.25) is 0 Å². The third-order valence-corrected chi connectivity index (χ3v) is 2.29. The molecule has 0 atom stereocenters. The van der Waals surface area contributed by atoms with Crippen molar-refractivity contribution in [2.75, 3.05) is 5.43 Å². The van der Waals surface area contributed by atoms with E-state index in [1.165, 1.54) is 12.3 Å². The molecule has 0 spiro atoms. The molecule has 0 aliphatic carbocycles. The maximum Gasteiger partial charge on any atom is 0.219 e. The van der Waals surface area contributed by atoms with E-state index in [0.717, 1.165) is 5.56 Å². The molecule has 0 bridgehead atoms. The Labute approximate surface area is 98.2 Å². The SMILES string of the molecule is Cc1cc(Oc2ccccc2F)ncc1NN. The van der Waals surface area contributed by atoms with E-state index in [9.17, 15) is 4.39 Å². The summed E-state index contributed by atoms with van der Waals surface area (Å²) in [7, 11) is 0. The topological polar surface area (TPSA) is 60.2 Å². The molecule has 0 amide bonds. The van der Waals surface area contributed by atoms with Crippen molar-refractivity contribution in [3.8, 4) is 11.6 Å². The van der Waals surface area contributed by atoms with Gasteiger partial charge in [0.2, 0.25) is 5.88 Å². The molecule has 5 heteroatoms. The van der Waals surface area contributed by atoms with E-state index in [2.05, 4.69) is 10.4 Å². The van der Waals surface area contributed by atoms with E-state index in [1.807, 2.05) is 6.92 Å². The normalized spacial score (nSPS) is 10.1. The highest BCUT2D eigenvalue weighted by atomic mass is 19.1. The summed E-state index contributed by atoms with van der Waals surface area (Å²) in [5, 5.41) is 0. The maximum absolute atomic E-state index is 13.3. The molecule has 0 aliphatic rings. The Morgan fingerprint density at radius 1 is 1.35 bits per heavy atom. The molecular weight excluding hydrogens is 221 g/mol. The highest BCUT2D eigenvalue weighted by Gasteiger charge is 2.06. The van der Waals surface area contributed by atoms with Gasteiger partial charge in [-0.05, 0) is 24.6 Å². The first-order chi connectivity index (χ1) is 8.20. The fourth-order valence-electron chi connectivity index (χ4n) is 1.38. The van der Waals surface area contributed by atoms with Crippen LogP contribution in [0.5, 0.6) is 11.6 Å². The Morgan fingerprint density at radius 2 is 2.12 bits per heavy atom. The number of para-hydroxylation sites is 1. The molecule has 4 nitrogen and oxygen atoms in total. The van der Waals surface area contributed by atoms with Crippen LogP contribution in [0.25, 0.3) is 0 Å². The summed E-state index contributed by atoms with van der Waals surface area (Å²) in [4.78, 5) is 4.02. The highest BCUT2D eigenvalue weighted by Crippen LogP contribution is 2.24. The van der Waals surface area contributed by atoms with E-state index in [0.29, 0.717) is 11.6 Å². The van der Waals surface area contributed by atoms with Gasteiger partial charge in [-0.25, -0.2) is 9.37 Å². The van der Waals surface area contributed by atoms with Crippen LogP contribution < -0.4 is 16.0 Å². The summed E-state index contributed by atoms with van der Waals surface area (Å²) in [5.41, 5.74) is 4.07. The minimum absolute atomic E-state index is 0.146. The Balaban J connectivity index is 2.25. The number of rotatable bonds is 3. The fourth-order valence-corrected chi connectivity index (χ4v) is 1.38. The van der Waals surface area contributed by atoms with Crippen LogP contribution in [0.3, 0.4) is 0 Å². The first-order valence-electron chi connectivity index (χ1n) is 5.06. The lowest BCUT2D eigenvalue weighted by molar-refractivity contribution is 0.427. The first-order valence-corrected chi connectivity index (χ1v) is 5.06. The number of hydrogen-bond acceptors (Lipinski definition) is 4. The second-order valence-electron chi connectivity index (χ2n) is 3.51. The van der Waals surface area contributed by atoms with Crippen LogP contribution in [0, 0.1) is 12.7 Å². The van der Waals surface area contributed by atoms with Gasteiger partial charge >= 0.3 is 0 Å². The van der Waals surface area contributed by atoms with E-state index in [4.69, 9.17) is 10.6 Å². The van der Waals surface area contributed by atoms with Crippen LogP contribution in [0.1, 0.15) is 5.56 Å². The van der Waals surface area contributed by atoms with Gasteiger partial charge in [-0.2, -0.15) is 0 Å². The lowest BCUT2D eigenvalue weighted by Gasteiger charge is -2.08. The molecule has 0 aliphatic heterocycles. The molecule has 1 aromatic carbocycles. The van der Waals surface area contributed by atoms with Gasteiger partial charge in [0.15, 0.2) is 11.6 Å². The van der Waals surface area contributed by atoms with Crippen molar-refractivity contribution in [2.45, 2.75) is 6.92 Å². The lowest BCUT2D eigenvalue weighted by atomic mass is 10.2. The van der Waals surface area contributed by atoms with Gasteiger partial charge in [0, 0.05) is 6.07 Å². The molecule has 0 unspecified atom stereocenters. The van der Waals surface area contributed by atoms with Crippen molar-refractivity contribution in [1.29, 1.82) is 0 Å². The minimum atomic E-state index is -0.423. The Kier molecular flexibility index (Phi) is 3.20. The smallest absolute Gasteiger partial charge is 0.219 e. The van der Waals surface area contributed by atoms with Gasteiger partial charge < -0.3 is 10.2 Å². The molecule has 0 radical (unpaired) electrons. The number of benzene rings is 1. The second-order valence-corrected chi connectivity index (χ2v) is 3.51. The number of nitrogen functional groups attached to an aromatic ring is 1. The van der Waals surface area contributed by atoms with Crippen molar-refractivity contribution in [3.63, 3.8) is 0 Å². The molecule has 1 aromatic heterocycles. The quantitative estimate of drug-likeness (QED) is 0.632. The van der Waals surface area contributed by atoms with E-state index in [-0.39, 0.29) is 5.75 Å². The van der Waals surface area contributed by atoms with E-state index >= 15 is 0 Å². The monoisotopic (exact) mass is 233 g/mol. The standard InChI is InChI=1S/C12H12FN3O/c1-8-6-12(15-7-10(8)16-14)17-11-5-3-2-4-9(11)13/h2-7,16H,14H2,1H3. The van der Waals surface area contributed by atoms with Crippen molar-refractivity contribution in [2.24, 2.45) is 5.84 Å². The van der Waals surface area contributed by atoms with Gasteiger partial charge in [-0.15, -0.1) is 0 Å². The number of hydrogen-bond donors (Lipinski definition) is 2. The summed E-state index contributed by atoms with van der Waals surface area (Å²) in [6, 6.07) is 7.85. The molecule has 0 fully saturated rings. The van der Waals surface area contributed by atoms with Gasteiger partial charge in [-0.1, -0.05) is 12.1 Å². The van der Waals surface area contributed by atoms with Crippen LogP contribution in [-0.4, -0.2) is 4.98 Å². The van der Waals surface area contributed by atoms with Gasteiger partial charge in [0.25, 0.3) is 0 Å². The fraction of sp³-hybridized carbons (Fsp3) is 0.0833. The number of halogens is 1. The maximum atomic E-state index is 13.3. The Morgan fingerprint density at radius 3 is 2.76 bits per heavy atom. The second kappa shape index (κ2) is 4.80.